The number of thioether (sulfide) groups is 1. The van der Waals surface area contributed by atoms with Crippen LogP contribution >= 0.6 is 23.4 Å². The third-order valence-corrected chi connectivity index (χ3v) is 5.09. The summed E-state index contributed by atoms with van der Waals surface area (Å²) in [7, 11) is 0. The van der Waals surface area contributed by atoms with Crippen molar-refractivity contribution in [1.29, 1.82) is 0 Å². The SMILES string of the molecule is CCNc1ncc(C(=O)NC2CCC(SCC)C2)cc1Cl. The van der Waals surface area contributed by atoms with Crippen molar-refractivity contribution >= 4 is 35.1 Å². The quantitative estimate of drug-likeness (QED) is 0.838. The van der Waals surface area contributed by atoms with Gasteiger partial charge < -0.3 is 10.6 Å². The highest BCUT2D eigenvalue weighted by molar-refractivity contribution is 7.99. The highest BCUT2D eigenvalue weighted by atomic mass is 35.5. The maximum absolute atomic E-state index is 12.2. The van der Waals surface area contributed by atoms with E-state index >= 15 is 0 Å². The Labute approximate surface area is 135 Å². The maximum Gasteiger partial charge on any atom is 0.253 e. The minimum Gasteiger partial charge on any atom is -0.369 e. The van der Waals surface area contributed by atoms with Crippen molar-refractivity contribution in [3.05, 3.63) is 22.8 Å². The second-order valence-corrected chi connectivity index (χ2v) is 7.13. The van der Waals surface area contributed by atoms with Gasteiger partial charge in [-0.25, -0.2) is 4.98 Å². The Morgan fingerprint density at radius 3 is 2.95 bits per heavy atom. The van der Waals surface area contributed by atoms with E-state index in [-0.39, 0.29) is 11.9 Å². The molecule has 1 saturated carbocycles. The van der Waals surface area contributed by atoms with Gasteiger partial charge in [-0.3, -0.25) is 4.79 Å². The van der Waals surface area contributed by atoms with Gasteiger partial charge in [0, 0.05) is 24.0 Å². The predicted molar refractivity (Wildman–Crippen MR) is 90.4 cm³/mol. The van der Waals surface area contributed by atoms with Crippen LogP contribution < -0.4 is 10.6 Å². The standard InChI is InChI=1S/C15H22ClN3OS/c1-3-17-14-13(16)7-10(9-18-14)15(20)19-11-5-6-12(8-11)21-4-2/h7,9,11-12H,3-6,8H2,1-2H3,(H,17,18)(H,19,20). The molecule has 0 saturated heterocycles. The molecular formula is C15H22ClN3OS. The number of aromatic nitrogens is 1. The predicted octanol–water partition coefficient (Wildman–Crippen LogP) is 3.57. The molecule has 21 heavy (non-hydrogen) atoms. The molecule has 2 unspecified atom stereocenters. The fourth-order valence-electron chi connectivity index (χ4n) is 2.59. The van der Waals surface area contributed by atoms with E-state index in [1.807, 2.05) is 18.7 Å². The van der Waals surface area contributed by atoms with Gasteiger partial charge >= 0.3 is 0 Å². The molecule has 6 heteroatoms. The molecule has 2 rings (SSSR count). The third kappa shape index (κ3) is 4.51. The number of rotatable bonds is 6. The topological polar surface area (TPSA) is 54.0 Å². The first kappa shape index (κ1) is 16.4. The lowest BCUT2D eigenvalue weighted by molar-refractivity contribution is 0.0937. The number of pyridine rings is 1. The van der Waals surface area contributed by atoms with Crippen LogP contribution in [0.3, 0.4) is 0 Å². The van der Waals surface area contributed by atoms with Crippen LogP contribution in [0.25, 0.3) is 0 Å². The summed E-state index contributed by atoms with van der Waals surface area (Å²) in [5.41, 5.74) is 0.522. The van der Waals surface area contributed by atoms with Gasteiger partial charge in [0.25, 0.3) is 5.91 Å². The average Bonchev–Trinajstić information content (AvgIpc) is 2.89. The fraction of sp³-hybridized carbons (Fsp3) is 0.600. The van der Waals surface area contributed by atoms with E-state index in [0.29, 0.717) is 21.7 Å². The first-order valence-corrected chi connectivity index (χ1v) is 8.88. The summed E-state index contributed by atoms with van der Waals surface area (Å²) in [5.74, 6) is 1.67. The van der Waals surface area contributed by atoms with E-state index in [1.54, 1.807) is 12.3 Å². The van der Waals surface area contributed by atoms with E-state index in [1.165, 1.54) is 6.42 Å². The average molecular weight is 328 g/mol. The van der Waals surface area contributed by atoms with Crippen LogP contribution in [0.2, 0.25) is 5.02 Å². The number of halogens is 1. The summed E-state index contributed by atoms with van der Waals surface area (Å²) in [6.45, 7) is 4.90. The summed E-state index contributed by atoms with van der Waals surface area (Å²) >= 11 is 8.11. The Kier molecular flexibility index (Phi) is 6.18. The van der Waals surface area contributed by atoms with Crippen LogP contribution in [0.5, 0.6) is 0 Å². The number of carbonyl (C=O) groups is 1. The molecule has 0 radical (unpaired) electrons. The smallest absolute Gasteiger partial charge is 0.253 e. The van der Waals surface area contributed by atoms with Gasteiger partial charge in [0.15, 0.2) is 0 Å². The molecule has 1 fully saturated rings. The Morgan fingerprint density at radius 2 is 2.29 bits per heavy atom. The Morgan fingerprint density at radius 1 is 1.48 bits per heavy atom. The normalized spacial score (nSPS) is 21.3. The van der Waals surface area contributed by atoms with Crippen LogP contribution in [-0.2, 0) is 0 Å². The maximum atomic E-state index is 12.2. The van der Waals surface area contributed by atoms with Crippen LogP contribution in [0.1, 0.15) is 43.5 Å². The van der Waals surface area contributed by atoms with Crippen molar-refractivity contribution in [2.75, 3.05) is 17.6 Å². The number of anilines is 1. The number of carbonyl (C=O) groups excluding carboxylic acids is 1. The monoisotopic (exact) mass is 327 g/mol. The molecule has 1 aromatic heterocycles. The molecule has 0 bridgehead atoms. The molecule has 2 atom stereocenters. The molecule has 1 heterocycles. The zero-order valence-corrected chi connectivity index (χ0v) is 14.1. The van der Waals surface area contributed by atoms with E-state index in [0.717, 1.165) is 25.1 Å². The van der Waals surface area contributed by atoms with Crippen molar-refractivity contribution in [3.8, 4) is 0 Å². The van der Waals surface area contributed by atoms with Gasteiger partial charge in [-0.2, -0.15) is 11.8 Å². The summed E-state index contributed by atoms with van der Waals surface area (Å²) in [5, 5.41) is 7.31. The Balaban J connectivity index is 1.93. The van der Waals surface area contributed by atoms with Crippen molar-refractivity contribution < 1.29 is 4.79 Å². The number of amides is 1. The summed E-state index contributed by atoms with van der Waals surface area (Å²) in [6, 6.07) is 1.95. The summed E-state index contributed by atoms with van der Waals surface area (Å²) in [6.07, 6.45) is 4.87. The number of hydrogen-bond donors (Lipinski definition) is 2. The van der Waals surface area contributed by atoms with E-state index < -0.39 is 0 Å². The first-order chi connectivity index (χ1) is 10.1. The van der Waals surface area contributed by atoms with Crippen LogP contribution in [-0.4, -0.2) is 34.5 Å². The van der Waals surface area contributed by atoms with Gasteiger partial charge in [0.05, 0.1) is 10.6 Å². The fourth-order valence-corrected chi connectivity index (χ4v) is 3.96. The van der Waals surface area contributed by atoms with Crippen molar-refractivity contribution in [2.24, 2.45) is 0 Å². The molecule has 1 amide bonds. The minimum atomic E-state index is -0.0837. The van der Waals surface area contributed by atoms with Crippen LogP contribution in [0.4, 0.5) is 5.82 Å². The second-order valence-electron chi connectivity index (χ2n) is 5.15. The Hall–Kier alpha value is -0.940. The Bertz CT molecular complexity index is 498. The highest BCUT2D eigenvalue weighted by Crippen LogP contribution is 2.30. The minimum absolute atomic E-state index is 0.0837. The van der Waals surface area contributed by atoms with E-state index in [4.69, 9.17) is 11.6 Å². The molecule has 0 spiro atoms. The molecule has 2 N–H and O–H groups in total. The van der Waals surface area contributed by atoms with Gasteiger partial charge in [-0.15, -0.1) is 0 Å². The summed E-state index contributed by atoms with van der Waals surface area (Å²) < 4.78 is 0. The van der Waals surface area contributed by atoms with Gasteiger partial charge in [-0.1, -0.05) is 18.5 Å². The molecule has 0 aliphatic heterocycles. The second kappa shape index (κ2) is 7.90. The first-order valence-electron chi connectivity index (χ1n) is 7.45. The number of hydrogen-bond acceptors (Lipinski definition) is 4. The lowest BCUT2D eigenvalue weighted by atomic mass is 10.2. The zero-order valence-electron chi connectivity index (χ0n) is 12.5. The van der Waals surface area contributed by atoms with Crippen molar-refractivity contribution in [1.82, 2.24) is 10.3 Å². The van der Waals surface area contributed by atoms with Crippen molar-refractivity contribution in [3.63, 3.8) is 0 Å². The molecule has 0 aromatic carbocycles. The largest absolute Gasteiger partial charge is 0.369 e. The van der Waals surface area contributed by atoms with Gasteiger partial charge in [-0.05, 0) is 38.0 Å². The van der Waals surface area contributed by atoms with Crippen LogP contribution in [0, 0.1) is 0 Å². The third-order valence-electron chi connectivity index (χ3n) is 3.57. The van der Waals surface area contributed by atoms with Gasteiger partial charge in [0.1, 0.15) is 5.82 Å². The number of nitrogens with zero attached hydrogens (tertiary/aromatic N) is 1. The van der Waals surface area contributed by atoms with E-state index in [9.17, 15) is 4.79 Å². The van der Waals surface area contributed by atoms with Crippen LogP contribution in [0.15, 0.2) is 12.3 Å². The molecule has 4 nitrogen and oxygen atoms in total. The lowest BCUT2D eigenvalue weighted by Gasteiger charge is -2.13. The molecular weight excluding hydrogens is 306 g/mol. The zero-order chi connectivity index (χ0) is 15.2. The summed E-state index contributed by atoms with van der Waals surface area (Å²) in [4.78, 5) is 16.4. The van der Waals surface area contributed by atoms with E-state index in [2.05, 4.69) is 22.5 Å². The molecule has 1 aliphatic carbocycles. The molecule has 116 valence electrons. The van der Waals surface area contributed by atoms with Gasteiger partial charge in [0.2, 0.25) is 0 Å². The highest BCUT2D eigenvalue weighted by Gasteiger charge is 2.26. The number of nitrogens with one attached hydrogen (secondary N) is 2. The molecule has 1 aromatic rings. The molecule has 1 aliphatic rings. The lowest BCUT2D eigenvalue weighted by Crippen LogP contribution is -2.33. The van der Waals surface area contributed by atoms with Crippen molar-refractivity contribution in [2.45, 2.75) is 44.4 Å².